The summed E-state index contributed by atoms with van der Waals surface area (Å²) >= 11 is 5.57. The van der Waals surface area contributed by atoms with Gasteiger partial charge in [0.05, 0.1) is 11.3 Å². The lowest BCUT2D eigenvalue weighted by Crippen LogP contribution is -2.17. The molecule has 0 radical (unpaired) electrons. The Morgan fingerprint density at radius 1 is 1.29 bits per heavy atom. The highest BCUT2D eigenvalue weighted by atomic mass is 35.5. The monoisotopic (exact) mass is 328 g/mol. The van der Waals surface area contributed by atoms with Gasteiger partial charge in [-0.3, -0.25) is 9.52 Å². The first-order chi connectivity index (χ1) is 9.81. The normalized spacial score (nSPS) is 11.1. The molecule has 1 aromatic heterocycles. The fourth-order valence-electron chi connectivity index (χ4n) is 1.56. The van der Waals surface area contributed by atoms with Crippen molar-refractivity contribution in [3.05, 3.63) is 57.5 Å². The van der Waals surface area contributed by atoms with Crippen LogP contribution < -0.4 is 10.3 Å². The van der Waals surface area contributed by atoms with Gasteiger partial charge in [-0.05, 0) is 18.2 Å². The molecule has 2 aromatic rings. The molecule has 0 bridgehead atoms. The Bertz CT molecular complexity index is 860. The van der Waals surface area contributed by atoms with Crippen molar-refractivity contribution >= 4 is 33.3 Å². The van der Waals surface area contributed by atoms with Crippen LogP contribution in [0.4, 0.5) is 5.69 Å². The quantitative estimate of drug-likeness (QED) is 0.787. The van der Waals surface area contributed by atoms with E-state index in [1.807, 2.05) is 0 Å². The first-order valence-corrected chi connectivity index (χ1v) is 7.41. The summed E-state index contributed by atoms with van der Waals surface area (Å²) < 4.78 is 26.5. The number of benzene rings is 1. The van der Waals surface area contributed by atoms with E-state index < -0.39 is 21.6 Å². The Balaban J connectivity index is 2.45. The minimum Gasteiger partial charge on any atom is -0.478 e. The number of carboxylic acids is 1. The van der Waals surface area contributed by atoms with Gasteiger partial charge in [-0.25, -0.2) is 13.2 Å². The summed E-state index contributed by atoms with van der Waals surface area (Å²) in [5.74, 6) is -1.27. The van der Waals surface area contributed by atoms with E-state index in [1.54, 1.807) is 0 Å². The minimum atomic E-state index is -4.08. The molecule has 1 aromatic carbocycles. The molecule has 0 unspecified atom stereocenters. The number of hydrogen-bond acceptors (Lipinski definition) is 4. The van der Waals surface area contributed by atoms with Crippen LogP contribution in [0.2, 0.25) is 5.02 Å². The van der Waals surface area contributed by atoms with Crippen LogP contribution in [0.25, 0.3) is 0 Å². The molecule has 2 rings (SSSR count). The fraction of sp³-hybridized carbons (Fsp3) is 0. The number of aromatic carboxylic acids is 1. The van der Waals surface area contributed by atoms with Crippen LogP contribution >= 0.6 is 11.6 Å². The summed E-state index contributed by atoms with van der Waals surface area (Å²) in [6.45, 7) is 0. The molecule has 0 spiro atoms. The van der Waals surface area contributed by atoms with Crippen molar-refractivity contribution in [3.8, 4) is 0 Å². The summed E-state index contributed by atoms with van der Waals surface area (Å²) in [7, 11) is -4.08. The van der Waals surface area contributed by atoms with Gasteiger partial charge < -0.3 is 10.1 Å². The molecule has 0 saturated heterocycles. The third kappa shape index (κ3) is 3.23. The molecule has 3 N–H and O–H groups in total. The Hall–Kier alpha value is -2.32. The van der Waals surface area contributed by atoms with Gasteiger partial charge in [-0.1, -0.05) is 23.7 Å². The molecule has 9 heteroatoms. The van der Waals surface area contributed by atoms with Crippen molar-refractivity contribution < 1.29 is 18.3 Å². The van der Waals surface area contributed by atoms with Crippen LogP contribution in [-0.2, 0) is 10.0 Å². The zero-order valence-electron chi connectivity index (χ0n) is 10.3. The maximum atomic E-state index is 12.2. The molecular formula is C12H9ClN2O5S. The van der Waals surface area contributed by atoms with Gasteiger partial charge in [0.2, 0.25) is 0 Å². The molecule has 0 aliphatic heterocycles. The van der Waals surface area contributed by atoms with E-state index >= 15 is 0 Å². The number of anilines is 1. The van der Waals surface area contributed by atoms with E-state index in [9.17, 15) is 18.0 Å². The third-order valence-electron chi connectivity index (χ3n) is 2.54. The lowest BCUT2D eigenvalue weighted by molar-refractivity contribution is 0.0698. The van der Waals surface area contributed by atoms with Crippen molar-refractivity contribution in [1.29, 1.82) is 0 Å². The van der Waals surface area contributed by atoms with Gasteiger partial charge in [0.1, 0.15) is 9.92 Å². The summed E-state index contributed by atoms with van der Waals surface area (Å²) in [5.41, 5.74) is -0.912. The van der Waals surface area contributed by atoms with E-state index in [4.69, 9.17) is 16.7 Å². The predicted molar refractivity (Wildman–Crippen MR) is 76.3 cm³/mol. The van der Waals surface area contributed by atoms with Crippen LogP contribution in [0.15, 0.2) is 46.2 Å². The number of para-hydroxylation sites is 1. The third-order valence-corrected chi connectivity index (χ3v) is 4.17. The molecule has 0 saturated carbocycles. The molecular weight excluding hydrogens is 320 g/mol. The summed E-state index contributed by atoms with van der Waals surface area (Å²) in [6, 6.07) is 6.52. The molecule has 0 amide bonds. The van der Waals surface area contributed by atoms with Gasteiger partial charge in [0.15, 0.2) is 0 Å². The van der Waals surface area contributed by atoms with Crippen LogP contribution in [0.5, 0.6) is 0 Å². The molecule has 110 valence electrons. The predicted octanol–water partition coefficient (Wildman–Crippen LogP) is 1.53. The van der Waals surface area contributed by atoms with E-state index in [2.05, 4.69) is 9.71 Å². The highest BCUT2D eigenvalue weighted by Crippen LogP contribution is 2.20. The largest absolute Gasteiger partial charge is 0.478 e. The van der Waals surface area contributed by atoms with Crippen molar-refractivity contribution in [2.75, 3.05) is 4.72 Å². The second-order valence-electron chi connectivity index (χ2n) is 3.97. The maximum absolute atomic E-state index is 12.2. The second kappa shape index (κ2) is 5.58. The van der Waals surface area contributed by atoms with E-state index in [1.165, 1.54) is 24.3 Å². The molecule has 0 aliphatic carbocycles. The number of aromatic nitrogens is 1. The van der Waals surface area contributed by atoms with Crippen molar-refractivity contribution in [2.24, 2.45) is 0 Å². The molecule has 0 fully saturated rings. The number of pyridine rings is 1. The SMILES string of the molecule is O=C(O)c1ccccc1NS(=O)(=O)c1c[nH]c(=O)c(Cl)c1. The Morgan fingerprint density at radius 3 is 2.57 bits per heavy atom. The second-order valence-corrected chi connectivity index (χ2v) is 6.06. The van der Waals surface area contributed by atoms with Crippen LogP contribution in [0.3, 0.4) is 0 Å². The molecule has 0 aliphatic rings. The number of halogens is 1. The standard InChI is InChI=1S/C12H9ClN2O5S/c13-9-5-7(6-14-11(9)16)21(19,20)15-10-4-2-1-3-8(10)12(17)18/h1-6,15H,(H,14,16)(H,17,18). The van der Waals surface area contributed by atoms with E-state index in [0.717, 1.165) is 12.3 Å². The lowest BCUT2D eigenvalue weighted by atomic mass is 10.2. The fourth-order valence-corrected chi connectivity index (χ4v) is 2.86. The van der Waals surface area contributed by atoms with Crippen molar-refractivity contribution in [2.45, 2.75) is 4.90 Å². The number of carboxylic acid groups (broad SMARTS) is 1. The number of hydrogen-bond donors (Lipinski definition) is 3. The zero-order valence-corrected chi connectivity index (χ0v) is 11.9. The molecule has 1 heterocycles. The highest BCUT2D eigenvalue weighted by Gasteiger charge is 2.19. The van der Waals surface area contributed by atoms with Gasteiger partial charge >= 0.3 is 5.97 Å². The highest BCUT2D eigenvalue weighted by molar-refractivity contribution is 7.92. The van der Waals surface area contributed by atoms with Gasteiger partial charge in [0.25, 0.3) is 15.6 Å². The van der Waals surface area contributed by atoms with Gasteiger partial charge in [-0.2, -0.15) is 0 Å². The van der Waals surface area contributed by atoms with Crippen LogP contribution in [-0.4, -0.2) is 24.5 Å². The number of aromatic amines is 1. The first-order valence-electron chi connectivity index (χ1n) is 5.54. The topological polar surface area (TPSA) is 116 Å². The summed E-state index contributed by atoms with van der Waals surface area (Å²) in [5, 5.41) is 8.72. The average Bonchev–Trinajstić information content (AvgIpc) is 2.41. The van der Waals surface area contributed by atoms with Crippen molar-refractivity contribution in [1.82, 2.24) is 4.98 Å². The maximum Gasteiger partial charge on any atom is 0.337 e. The average molecular weight is 329 g/mol. The molecule has 0 atom stereocenters. The van der Waals surface area contributed by atoms with E-state index in [0.29, 0.717) is 0 Å². The number of rotatable bonds is 4. The Morgan fingerprint density at radius 2 is 1.95 bits per heavy atom. The van der Waals surface area contributed by atoms with Gasteiger partial charge in [0, 0.05) is 6.20 Å². The first kappa shape index (κ1) is 15.1. The zero-order chi connectivity index (χ0) is 15.6. The lowest BCUT2D eigenvalue weighted by Gasteiger charge is -2.10. The molecule has 21 heavy (non-hydrogen) atoms. The van der Waals surface area contributed by atoms with Crippen molar-refractivity contribution in [3.63, 3.8) is 0 Å². The van der Waals surface area contributed by atoms with Gasteiger partial charge in [-0.15, -0.1) is 0 Å². The number of nitrogens with one attached hydrogen (secondary N) is 2. The minimum absolute atomic E-state index is 0.0904. The number of H-pyrrole nitrogens is 1. The van der Waals surface area contributed by atoms with E-state index in [-0.39, 0.29) is 21.2 Å². The smallest absolute Gasteiger partial charge is 0.337 e. The van der Waals surface area contributed by atoms with Crippen LogP contribution in [0, 0.1) is 0 Å². The summed E-state index contributed by atoms with van der Waals surface area (Å²) in [6.07, 6.45) is 0.972. The Labute approximate surface area is 124 Å². The summed E-state index contributed by atoms with van der Waals surface area (Å²) in [4.78, 5) is 24.0. The van der Waals surface area contributed by atoms with Crippen LogP contribution in [0.1, 0.15) is 10.4 Å². The number of carbonyl (C=O) groups is 1. The Kier molecular flexibility index (Phi) is 4.01. The molecule has 7 nitrogen and oxygen atoms in total. The number of sulfonamides is 1.